The zero-order valence-corrected chi connectivity index (χ0v) is 17.4. The second-order valence-electron chi connectivity index (χ2n) is 3.85. The molecule has 0 heterocycles. The molecule has 9 heteroatoms. The molecular formula is C11H10I3O5S-. The summed E-state index contributed by atoms with van der Waals surface area (Å²) in [4.78, 5) is 11.9. The molecule has 0 aromatic heterocycles. The first-order valence-electron chi connectivity index (χ1n) is 5.46. The number of esters is 1. The standard InChI is InChI=1S/C11H11I3O5S/c12-7-5-8(10(14)9(13)6-7)11(15)19-3-1-2-4-20(16,17)18/h5-6H,1-4H2,(H,16,17,18)/p-1. The molecule has 0 saturated heterocycles. The minimum Gasteiger partial charge on any atom is -0.748 e. The summed E-state index contributed by atoms with van der Waals surface area (Å²) in [5.41, 5.74) is 0.498. The first-order chi connectivity index (χ1) is 9.20. The summed E-state index contributed by atoms with van der Waals surface area (Å²) >= 11 is 6.35. The van der Waals surface area contributed by atoms with Crippen LogP contribution in [0.4, 0.5) is 0 Å². The van der Waals surface area contributed by atoms with E-state index in [0.29, 0.717) is 12.0 Å². The average molecular weight is 635 g/mol. The molecule has 20 heavy (non-hydrogen) atoms. The Hall–Kier alpha value is 0.790. The number of ether oxygens (including phenoxy) is 1. The highest BCUT2D eigenvalue weighted by Crippen LogP contribution is 2.23. The lowest BCUT2D eigenvalue weighted by Gasteiger charge is -2.09. The SMILES string of the molecule is O=C(OCCCCS(=O)(=O)[O-])c1cc(I)cc(I)c1I. The van der Waals surface area contributed by atoms with Gasteiger partial charge in [0.1, 0.15) is 0 Å². The summed E-state index contributed by atoms with van der Waals surface area (Å²) in [6.45, 7) is 0.104. The Morgan fingerprint density at radius 1 is 1.20 bits per heavy atom. The lowest BCUT2D eigenvalue weighted by molar-refractivity contribution is 0.0498. The van der Waals surface area contributed by atoms with Crippen LogP contribution in [0.25, 0.3) is 0 Å². The average Bonchev–Trinajstić information content (AvgIpc) is 2.31. The first kappa shape index (κ1) is 18.8. The molecule has 5 nitrogen and oxygen atoms in total. The quantitative estimate of drug-likeness (QED) is 0.158. The molecule has 0 atom stereocenters. The van der Waals surface area contributed by atoms with Gasteiger partial charge in [-0.1, -0.05) is 0 Å². The van der Waals surface area contributed by atoms with Gasteiger partial charge in [-0.2, -0.15) is 0 Å². The van der Waals surface area contributed by atoms with Gasteiger partial charge in [0.05, 0.1) is 22.3 Å². The van der Waals surface area contributed by atoms with Crippen molar-refractivity contribution >= 4 is 83.9 Å². The highest BCUT2D eigenvalue weighted by Gasteiger charge is 2.14. The Morgan fingerprint density at radius 2 is 1.85 bits per heavy atom. The largest absolute Gasteiger partial charge is 0.748 e. The molecule has 0 saturated carbocycles. The van der Waals surface area contributed by atoms with E-state index in [2.05, 4.69) is 67.8 Å². The molecule has 0 N–H and O–H groups in total. The molecule has 0 spiro atoms. The third-order valence-corrected chi connectivity index (χ3v) is 6.69. The van der Waals surface area contributed by atoms with Crippen LogP contribution in [0, 0.1) is 10.7 Å². The molecule has 0 radical (unpaired) electrons. The smallest absolute Gasteiger partial charge is 0.339 e. The van der Waals surface area contributed by atoms with Crippen LogP contribution in [0.3, 0.4) is 0 Å². The van der Waals surface area contributed by atoms with E-state index in [1.165, 1.54) is 0 Å². The summed E-state index contributed by atoms with van der Waals surface area (Å²) in [6.07, 6.45) is 0.546. The predicted molar refractivity (Wildman–Crippen MR) is 98.7 cm³/mol. The molecule has 0 aliphatic rings. The normalized spacial score (nSPS) is 11.4. The fourth-order valence-electron chi connectivity index (χ4n) is 1.33. The highest BCUT2D eigenvalue weighted by molar-refractivity contribution is 14.1. The van der Waals surface area contributed by atoms with Gasteiger partial charge in [0.25, 0.3) is 0 Å². The topological polar surface area (TPSA) is 83.5 Å². The van der Waals surface area contributed by atoms with Crippen molar-refractivity contribution in [2.45, 2.75) is 12.8 Å². The van der Waals surface area contributed by atoms with Gasteiger partial charge in [-0.05, 0) is 92.7 Å². The minimum absolute atomic E-state index is 0.104. The van der Waals surface area contributed by atoms with Crippen LogP contribution in [0.2, 0.25) is 0 Å². The molecule has 0 aliphatic carbocycles. The molecule has 0 unspecified atom stereocenters. The maximum absolute atomic E-state index is 11.9. The van der Waals surface area contributed by atoms with E-state index >= 15 is 0 Å². The van der Waals surface area contributed by atoms with E-state index in [9.17, 15) is 17.8 Å². The van der Waals surface area contributed by atoms with Crippen LogP contribution in [0.15, 0.2) is 12.1 Å². The summed E-state index contributed by atoms with van der Waals surface area (Å²) in [6, 6.07) is 3.70. The van der Waals surface area contributed by atoms with Crippen molar-refractivity contribution in [2.24, 2.45) is 0 Å². The molecule has 0 aliphatic heterocycles. The Morgan fingerprint density at radius 3 is 2.45 bits per heavy atom. The van der Waals surface area contributed by atoms with E-state index < -0.39 is 21.8 Å². The van der Waals surface area contributed by atoms with Gasteiger partial charge in [-0.15, -0.1) is 0 Å². The van der Waals surface area contributed by atoms with E-state index in [4.69, 9.17) is 4.74 Å². The Balaban J connectivity index is 2.52. The number of unbranched alkanes of at least 4 members (excludes halogenated alkanes) is 1. The van der Waals surface area contributed by atoms with Gasteiger partial charge in [-0.25, -0.2) is 13.2 Å². The highest BCUT2D eigenvalue weighted by atomic mass is 127. The fourth-order valence-corrected chi connectivity index (χ4v) is 4.26. The van der Waals surface area contributed by atoms with E-state index in [1.807, 2.05) is 6.07 Å². The summed E-state index contributed by atoms with van der Waals surface area (Å²) in [7, 11) is -4.19. The lowest BCUT2D eigenvalue weighted by atomic mass is 10.2. The van der Waals surface area contributed by atoms with Crippen molar-refractivity contribution in [3.05, 3.63) is 28.4 Å². The Kier molecular flexibility index (Phi) is 7.94. The molecule has 1 rings (SSSR count). The third-order valence-electron chi connectivity index (χ3n) is 2.23. The zero-order chi connectivity index (χ0) is 15.3. The van der Waals surface area contributed by atoms with Crippen LogP contribution < -0.4 is 0 Å². The monoisotopic (exact) mass is 635 g/mol. The van der Waals surface area contributed by atoms with Crippen molar-refractivity contribution < 1.29 is 22.5 Å². The lowest BCUT2D eigenvalue weighted by Crippen LogP contribution is -2.11. The summed E-state index contributed by atoms with van der Waals surface area (Å²) < 4.78 is 39.0. The minimum atomic E-state index is -4.19. The van der Waals surface area contributed by atoms with Crippen molar-refractivity contribution in [3.63, 3.8) is 0 Å². The number of carbonyl (C=O) groups is 1. The van der Waals surface area contributed by atoms with Crippen LogP contribution in [0.5, 0.6) is 0 Å². The predicted octanol–water partition coefficient (Wildman–Crippen LogP) is 2.98. The molecule has 112 valence electrons. The van der Waals surface area contributed by atoms with Crippen molar-refractivity contribution in [2.75, 3.05) is 12.4 Å². The van der Waals surface area contributed by atoms with Crippen LogP contribution in [-0.4, -0.2) is 31.3 Å². The Labute approximate surface area is 158 Å². The number of hydrogen-bond donors (Lipinski definition) is 0. The second kappa shape index (κ2) is 8.43. The Bertz CT molecular complexity index is 600. The first-order valence-corrected chi connectivity index (χ1v) is 10.3. The molecule has 0 fully saturated rings. The number of hydrogen-bond acceptors (Lipinski definition) is 5. The fraction of sp³-hybridized carbons (Fsp3) is 0.364. The van der Waals surface area contributed by atoms with Crippen molar-refractivity contribution in [1.82, 2.24) is 0 Å². The van der Waals surface area contributed by atoms with E-state index in [-0.39, 0.29) is 13.0 Å². The van der Waals surface area contributed by atoms with Gasteiger partial charge in [-0.3, -0.25) is 0 Å². The number of halogens is 3. The maximum Gasteiger partial charge on any atom is 0.339 e. The molecular weight excluding hydrogens is 625 g/mol. The van der Waals surface area contributed by atoms with Crippen LogP contribution >= 0.6 is 67.8 Å². The number of carbonyl (C=O) groups excluding carboxylic acids is 1. The molecule has 0 amide bonds. The van der Waals surface area contributed by atoms with Crippen molar-refractivity contribution in [3.8, 4) is 0 Å². The van der Waals surface area contributed by atoms with Gasteiger partial charge in [0, 0.05) is 16.5 Å². The van der Waals surface area contributed by atoms with Crippen LogP contribution in [0.1, 0.15) is 23.2 Å². The molecule has 1 aromatic rings. The van der Waals surface area contributed by atoms with Crippen LogP contribution in [-0.2, 0) is 14.9 Å². The molecule has 1 aromatic carbocycles. The van der Waals surface area contributed by atoms with Gasteiger partial charge < -0.3 is 9.29 Å². The van der Waals surface area contributed by atoms with Gasteiger partial charge in [0.2, 0.25) is 0 Å². The zero-order valence-electron chi connectivity index (χ0n) is 10.1. The van der Waals surface area contributed by atoms with Gasteiger partial charge in [0.15, 0.2) is 0 Å². The number of rotatable bonds is 6. The summed E-state index contributed by atoms with van der Waals surface area (Å²) in [5.74, 6) is -0.862. The number of benzene rings is 1. The second-order valence-corrected chi connectivity index (χ2v) is 8.86. The van der Waals surface area contributed by atoms with E-state index in [0.717, 1.165) is 10.7 Å². The summed E-state index contributed by atoms with van der Waals surface area (Å²) in [5, 5.41) is 0. The van der Waals surface area contributed by atoms with Gasteiger partial charge >= 0.3 is 5.97 Å². The third kappa shape index (κ3) is 6.70. The maximum atomic E-state index is 11.9. The van der Waals surface area contributed by atoms with E-state index in [1.54, 1.807) is 6.07 Å². The van der Waals surface area contributed by atoms with Crippen molar-refractivity contribution in [1.29, 1.82) is 0 Å². The molecule has 0 bridgehead atoms.